The molecule has 1 N–H and O–H groups in total. The van der Waals surface area contributed by atoms with Crippen molar-refractivity contribution >= 4 is 40.2 Å². The van der Waals surface area contributed by atoms with Gasteiger partial charge < -0.3 is 19.3 Å². The number of ether oxygens (including phenoxy) is 3. The number of benzene rings is 2. The third-order valence-corrected chi connectivity index (χ3v) is 7.83. The zero-order valence-corrected chi connectivity index (χ0v) is 25.8. The molecule has 3 aromatic rings. The molecule has 1 unspecified atom stereocenters. The van der Waals surface area contributed by atoms with Gasteiger partial charge in [-0.2, -0.15) is 0 Å². The Labute approximate surface area is 255 Å². The van der Waals surface area contributed by atoms with Gasteiger partial charge in [-0.3, -0.25) is 14.5 Å². The average molecular weight is 605 g/mol. The summed E-state index contributed by atoms with van der Waals surface area (Å²) in [5.74, 6) is -1.17. The van der Waals surface area contributed by atoms with Crippen molar-refractivity contribution in [3.05, 3.63) is 87.6 Å². The van der Waals surface area contributed by atoms with Crippen molar-refractivity contribution in [2.24, 2.45) is 5.92 Å². The number of aliphatic hydroxyl groups excluding tert-OH is 1. The molecule has 10 heteroatoms. The zero-order valence-electron chi connectivity index (χ0n) is 25.0. The van der Waals surface area contributed by atoms with Gasteiger partial charge in [-0.1, -0.05) is 67.7 Å². The quantitative estimate of drug-likeness (QED) is 0.171. The van der Waals surface area contributed by atoms with Crippen molar-refractivity contribution in [3.8, 4) is 11.5 Å². The number of aryl methyl sites for hydroxylation is 1. The number of hydrogen-bond donors (Lipinski definition) is 1. The zero-order chi connectivity index (χ0) is 31.1. The van der Waals surface area contributed by atoms with Crippen LogP contribution in [0.25, 0.3) is 6.08 Å². The Hall–Kier alpha value is -4.44. The third kappa shape index (κ3) is 7.14. The van der Waals surface area contributed by atoms with Crippen molar-refractivity contribution in [3.63, 3.8) is 0 Å². The molecule has 0 spiro atoms. The van der Waals surface area contributed by atoms with Gasteiger partial charge in [-0.05, 0) is 62.4 Å². The van der Waals surface area contributed by atoms with E-state index in [9.17, 15) is 19.5 Å². The van der Waals surface area contributed by atoms with E-state index < -0.39 is 29.5 Å². The highest BCUT2D eigenvalue weighted by atomic mass is 32.1. The van der Waals surface area contributed by atoms with E-state index in [2.05, 4.69) is 18.8 Å². The molecule has 0 aliphatic carbocycles. The molecule has 9 nitrogen and oxygen atoms in total. The fraction of sp³-hybridized carbons (Fsp3) is 0.333. The van der Waals surface area contributed by atoms with Gasteiger partial charge in [0.05, 0.1) is 37.1 Å². The molecular weight excluding hydrogens is 568 g/mol. The molecule has 2 aromatic carbocycles. The summed E-state index contributed by atoms with van der Waals surface area (Å²) in [5, 5.41) is 11.3. The maximum Gasteiger partial charge on any atom is 0.350 e. The number of ketones is 1. The molecule has 0 radical (unpaired) electrons. The SMILES string of the molecule is CCOC(=O)c1sc(N2C(=O)C(O)=C(C(=O)/C=C/c3ccccc3)C2c2ccc(OCCC(C)C)c(OCC)c2)nc1C. The van der Waals surface area contributed by atoms with E-state index in [0.717, 1.165) is 23.3 Å². The highest BCUT2D eigenvalue weighted by molar-refractivity contribution is 7.17. The largest absolute Gasteiger partial charge is 0.503 e. The van der Waals surface area contributed by atoms with Crippen LogP contribution in [-0.4, -0.2) is 47.6 Å². The van der Waals surface area contributed by atoms with Gasteiger partial charge in [0, 0.05) is 0 Å². The number of carbonyl (C=O) groups excluding carboxylic acids is 3. The first-order valence-corrected chi connectivity index (χ1v) is 15.1. The summed E-state index contributed by atoms with van der Waals surface area (Å²) in [7, 11) is 0. The number of nitrogens with zero attached hydrogens (tertiary/aromatic N) is 2. The molecule has 0 bridgehead atoms. The maximum atomic E-state index is 13.7. The first-order valence-electron chi connectivity index (χ1n) is 14.2. The fourth-order valence-corrected chi connectivity index (χ4v) is 5.54. The second kappa shape index (κ2) is 14.2. The number of hydrogen-bond acceptors (Lipinski definition) is 9. The van der Waals surface area contributed by atoms with Crippen LogP contribution >= 0.6 is 11.3 Å². The van der Waals surface area contributed by atoms with E-state index in [4.69, 9.17) is 14.2 Å². The van der Waals surface area contributed by atoms with Gasteiger partial charge in [-0.15, -0.1) is 0 Å². The number of aliphatic hydroxyl groups is 1. The Kier molecular flexibility index (Phi) is 10.4. The smallest absolute Gasteiger partial charge is 0.350 e. The van der Waals surface area contributed by atoms with Gasteiger partial charge in [-0.25, -0.2) is 9.78 Å². The number of aromatic nitrogens is 1. The summed E-state index contributed by atoms with van der Waals surface area (Å²) in [4.78, 5) is 45.8. The van der Waals surface area contributed by atoms with Crippen LogP contribution in [0, 0.1) is 12.8 Å². The molecule has 1 atom stereocenters. The molecule has 1 aromatic heterocycles. The van der Waals surface area contributed by atoms with Crippen LogP contribution in [0.15, 0.2) is 65.9 Å². The standard InChI is InChI=1S/C33H36N2O7S/c1-6-40-26-19-23(14-16-25(26)42-18-17-20(3)4)28-27(24(36)15-13-22-11-9-8-10-12-22)29(37)31(38)35(28)33-34-21(5)30(43-33)32(39)41-7-2/h8-16,19-20,28,37H,6-7,17-18H2,1-5H3/b15-13+. The van der Waals surface area contributed by atoms with Crippen molar-refractivity contribution < 1.29 is 33.7 Å². The minimum Gasteiger partial charge on any atom is -0.503 e. The average Bonchev–Trinajstić information content (AvgIpc) is 3.49. The Bertz CT molecular complexity index is 1540. The van der Waals surface area contributed by atoms with Crippen LogP contribution in [0.5, 0.6) is 11.5 Å². The lowest BCUT2D eigenvalue weighted by molar-refractivity contribution is -0.117. The van der Waals surface area contributed by atoms with Crippen LogP contribution in [0.1, 0.15) is 66.7 Å². The van der Waals surface area contributed by atoms with Gasteiger partial charge in [0.25, 0.3) is 5.91 Å². The number of carbonyl (C=O) groups is 3. The predicted octanol–water partition coefficient (Wildman–Crippen LogP) is 6.63. The van der Waals surface area contributed by atoms with E-state index in [1.54, 1.807) is 38.1 Å². The lowest BCUT2D eigenvalue weighted by Crippen LogP contribution is -2.31. The third-order valence-electron chi connectivity index (χ3n) is 6.69. The van der Waals surface area contributed by atoms with E-state index in [-0.39, 0.29) is 22.2 Å². The number of allylic oxidation sites excluding steroid dienone is 1. The number of thiazole rings is 1. The molecule has 2 heterocycles. The van der Waals surface area contributed by atoms with E-state index in [0.29, 0.717) is 41.9 Å². The second-order valence-corrected chi connectivity index (χ2v) is 11.2. The van der Waals surface area contributed by atoms with E-state index in [1.807, 2.05) is 37.3 Å². The molecule has 0 saturated carbocycles. The molecule has 43 heavy (non-hydrogen) atoms. The molecule has 226 valence electrons. The van der Waals surface area contributed by atoms with E-state index in [1.165, 1.54) is 11.0 Å². The van der Waals surface area contributed by atoms with Crippen molar-refractivity contribution in [1.29, 1.82) is 0 Å². The lowest BCUT2D eigenvalue weighted by atomic mass is 9.95. The monoisotopic (exact) mass is 604 g/mol. The van der Waals surface area contributed by atoms with E-state index >= 15 is 0 Å². The van der Waals surface area contributed by atoms with Gasteiger partial charge in [0.15, 0.2) is 28.2 Å². The first-order chi connectivity index (χ1) is 20.7. The summed E-state index contributed by atoms with van der Waals surface area (Å²) in [6, 6.07) is 13.3. The molecule has 1 aliphatic heterocycles. The summed E-state index contributed by atoms with van der Waals surface area (Å²) in [6.07, 6.45) is 3.80. The maximum absolute atomic E-state index is 13.7. The van der Waals surface area contributed by atoms with Crippen LogP contribution in [0.2, 0.25) is 0 Å². The Morgan fingerprint density at radius 3 is 2.49 bits per heavy atom. The molecule has 1 aliphatic rings. The highest BCUT2D eigenvalue weighted by Crippen LogP contribution is 2.45. The number of anilines is 1. The number of amides is 1. The van der Waals surface area contributed by atoms with Crippen LogP contribution in [0.3, 0.4) is 0 Å². The summed E-state index contributed by atoms with van der Waals surface area (Å²) in [5.41, 5.74) is 1.54. The van der Waals surface area contributed by atoms with Crippen molar-refractivity contribution in [2.45, 2.75) is 47.1 Å². The van der Waals surface area contributed by atoms with Crippen LogP contribution in [0.4, 0.5) is 5.13 Å². The molecular formula is C33H36N2O7S. The summed E-state index contributed by atoms with van der Waals surface area (Å²) in [6.45, 7) is 10.4. The minimum absolute atomic E-state index is 0.112. The lowest BCUT2D eigenvalue weighted by Gasteiger charge is -2.25. The van der Waals surface area contributed by atoms with Crippen LogP contribution in [-0.2, 0) is 14.3 Å². The molecule has 0 fully saturated rings. The number of esters is 1. The molecule has 1 amide bonds. The van der Waals surface area contributed by atoms with Crippen molar-refractivity contribution in [1.82, 2.24) is 4.98 Å². The summed E-state index contributed by atoms with van der Waals surface area (Å²) < 4.78 is 17.0. The topological polar surface area (TPSA) is 115 Å². The highest BCUT2D eigenvalue weighted by Gasteiger charge is 2.45. The first kappa shape index (κ1) is 31.5. The van der Waals surface area contributed by atoms with Gasteiger partial charge in [0.1, 0.15) is 4.88 Å². The predicted molar refractivity (Wildman–Crippen MR) is 166 cm³/mol. The normalized spacial score (nSPS) is 15.1. The van der Waals surface area contributed by atoms with Crippen molar-refractivity contribution in [2.75, 3.05) is 24.7 Å². The van der Waals surface area contributed by atoms with Crippen LogP contribution < -0.4 is 14.4 Å². The molecule has 0 saturated heterocycles. The Morgan fingerprint density at radius 2 is 1.81 bits per heavy atom. The van der Waals surface area contributed by atoms with Gasteiger partial charge in [0.2, 0.25) is 0 Å². The van der Waals surface area contributed by atoms with Gasteiger partial charge >= 0.3 is 5.97 Å². The second-order valence-electron chi connectivity index (χ2n) is 10.2. The fourth-order valence-electron chi connectivity index (χ4n) is 4.55. The minimum atomic E-state index is -1.05. The Morgan fingerprint density at radius 1 is 1.07 bits per heavy atom. The Balaban J connectivity index is 1.80. The number of rotatable bonds is 13. The summed E-state index contributed by atoms with van der Waals surface area (Å²) >= 11 is 0.961. The molecule has 4 rings (SSSR count).